The van der Waals surface area contributed by atoms with Crippen LogP contribution in [0, 0.1) is 5.82 Å². The van der Waals surface area contributed by atoms with Gasteiger partial charge < -0.3 is 19.5 Å². The van der Waals surface area contributed by atoms with E-state index >= 15 is 0 Å². The Morgan fingerprint density at radius 2 is 1.76 bits per heavy atom. The fourth-order valence-electron chi connectivity index (χ4n) is 4.70. The molecule has 5 nitrogen and oxygen atoms in total. The Labute approximate surface area is 222 Å². The minimum Gasteiger partial charge on any atom is -0.496 e. The molecule has 1 aliphatic carbocycles. The molecule has 0 atom stereocenters. The summed E-state index contributed by atoms with van der Waals surface area (Å²) in [5.74, 6) is 1.14. The number of halogens is 2. The van der Waals surface area contributed by atoms with Crippen LogP contribution in [0.3, 0.4) is 0 Å². The summed E-state index contributed by atoms with van der Waals surface area (Å²) in [6, 6.07) is 18.1. The van der Waals surface area contributed by atoms with Gasteiger partial charge in [0.2, 0.25) is 5.91 Å². The Kier molecular flexibility index (Phi) is 9.42. The van der Waals surface area contributed by atoms with Crippen molar-refractivity contribution in [2.75, 3.05) is 13.7 Å². The summed E-state index contributed by atoms with van der Waals surface area (Å²) < 4.78 is 31.9. The van der Waals surface area contributed by atoms with E-state index in [4.69, 9.17) is 25.8 Å². The number of methoxy groups -OCH3 is 1. The van der Waals surface area contributed by atoms with Gasteiger partial charge in [0.15, 0.2) is 0 Å². The van der Waals surface area contributed by atoms with Gasteiger partial charge in [-0.05, 0) is 85.2 Å². The Morgan fingerprint density at radius 3 is 2.49 bits per heavy atom. The molecule has 1 aliphatic rings. The van der Waals surface area contributed by atoms with Crippen LogP contribution in [-0.4, -0.2) is 31.8 Å². The first-order valence-corrected chi connectivity index (χ1v) is 13.0. The van der Waals surface area contributed by atoms with Gasteiger partial charge in [-0.15, -0.1) is 0 Å². The lowest BCUT2D eigenvalue weighted by Gasteiger charge is -2.29. The largest absolute Gasteiger partial charge is 0.496 e. The molecule has 3 aromatic carbocycles. The monoisotopic (exact) mass is 525 g/mol. The number of carbonyl (C=O) groups excluding carboxylic acids is 1. The molecule has 0 saturated heterocycles. The summed E-state index contributed by atoms with van der Waals surface area (Å²) >= 11 is 6.05. The quantitative estimate of drug-likeness (QED) is 0.318. The van der Waals surface area contributed by atoms with Crippen LogP contribution in [0.1, 0.15) is 43.7 Å². The number of ether oxygens (including phenoxy) is 3. The van der Waals surface area contributed by atoms with E-state index in [0.717, 1.165) is 59.4 Å². The third-order valence-corrected chi connectivity index (χ3v) is 6.87. The predicted molar refractivity (Wildman–Crippen MR) is 144 cm³/mol. The van der Waals surface area contributed by atoms with Gasteiger partial charge in [-0.3, -0.25) is 4.79 Å². The van der Waals surface area contributed by atoms with Crippen molar-refractivity contribution >= 4 is 17.5 Å². The van der Waals surface area contributed by atoms with Crippen molar-refractivity contribution in [3.05, 3.63) is 82.6 Å². The van der Waals surface area contributed by atoms with E-state index in [0.29, 0.717) is 24.6 Å². The number of amides is 1. The van der Waals surface area contributed by atoms with Crippen molar-refractivity contribution < 1.29 is 23.4 Å². The smallest absolute Gasteiger partial charge is 0.216 e. The summed E-state index contributed by atoms with van der Waals surface area (Å²) in [5.41, 5.74) is 3.71. The average molecular weight is 526 g/mol. The fourth-order valence-corrected chi connectivity index (χ4v) is 4.86. The maximum Gasteiger partial charge on any atom is 0.216 e. The van der Waals surface area contributed by atoms with E-state index in [1.54, 1.807) is 19.2 Å². The molecular formula is C30H33ClFNO4. The summed E-state index contributed by atoms with van der Waals surface area (Å²) in [4.78, 5) is 11.3. The summed E-state index contributed by atoms with van der Waals surface area (Å²) in [5, 5.41) is 3.47. The van der Waals surface area contributed by atoms with Gasteiger partial charge in [0.25, 0.3) is 0 Å². The molecule has 3 aromatic rings. The third-order valence-electron chi connectivity index (χ3n) is 6.63. The van der Waals surface area contributed by atoms with Crippen LogP contribution < -0.4 is 14.8 Å². The first-order chi connectivity index (χ1) is 17.9. The lowest BCUT2D eigenvalue weighted by atomic mass is 9.94. The lowest BCUT2D eigenvalue weighted by molar-refractivity contribution is -0.118. The minimum absolute atomic E-state index is 0.0702. The van der Waals surface area contributed by atoms with Gasteiger partial charge in [0.05, 0.1) is 25.9 Å². The van der Waals surface area contributed by atoms with Crippen molar-refractivity contribution in [2.24, 2.45) is 0 Å². The van der Waals surface area contributed by atoms with E-state index in [9.17, 15) is 9.18 Å². The SMILES string of the molecule is COc1cc(Cl)ccc1COC1CCC(Oc2ccc(CCNC(C)=O)c(-c3cccc(F)c3)c2)CC1. The van der Waals surface area contributed by atoms with Crippen molar-refractivity contribution in [1.29, 1.82) is 0 Å². The highest BCUT2D eigenvalue weighted by atomic mass is 35.5. The number of carbonyl (C=O) groups is 1. The zero-order valence-corrected chi connectivity index (χ0v) is 22.0. The van der Waals surface area contributed by atoms with E-state index in [2.05, 4.69) is 5.32 Å². The van der Waals surface area contributed by atoms with E-state index in [-0.39, 0.29) is 23.9 Å². The predicted octanol–water partition coefficient (Wildman–Crippen LogP) is 6.74. The minimum atomic E-state index is -0.286. The van der Waals surface area contributed by atoms with Gasteiger partial charge in [-0.1, -0.05) is 35.9 Å². The molecule has 0 radical (unpaired) electrons. The highest BCUT2D eigenvalue weighted by Gasteiger charge is 2.24. The van der Waals surface area contributed by atoms with Crippen LogP contribution in [0.4, 0.5) is 4.39 Å². The van der Waals surface area contributed by atoms with Crippen LogP contribution in [-0.2, 0) is 22.6 Å². The van der Waals surface area contributed by atoms with Crippen molar-refractivity contribution in [3.63, 3.8) is 0 Å². The maximum atomic E-state index is 14.0. The molecule has 7 heteroatoms. The fraction of sp³-hybridized carbons (Fsp3) is 0.367. The number of nitrogens with one attached hydrogen (secondary N) is 1. The topological polar surface area (TPSA) is 56.8 Å². The van der Waals surface area contributed by atoms with Crippen molar-refractivity contribution in [1.82, 2.24) is 5.32 Å². The molecule has 1 N–H and O–H groups in total. The van der Waals surface area contributed by atoms with Crippen LogP contribution in [0.25, 0.3) is 11.1 Å². The van der Waals surface area contributed by atoms with E-state index in [1.165, 1.54) is 19.1 Å². The molecule has 0 aliphatic heterocycles. The lowest BCUT2D eigenvalue weighted by Crippen LogP contribution is -2.28. The normalized spacial score (nSPS) is 17.3. The average Bonchev–Trinajstić information content (AvgIpc) is 2.89. The molecule has 4 rings (SSSR count). The third kappa shape index (κ3) is 7.70. The molecule has 0 aromatic heterocycles. The van der Waals surface area contributed by atoms with Crippen LogP contribution in [0.2, 0.25) is 5.02 Å². The molecule has 0 bridgehead atoms. The first-order valence-electron chi connectivity index (χ1n) is 12.6. The Balaban J connectivity index is 1.36. The summed E-state index contributed by atoms with van der Waals surface area (Å²) in [6.07, 6.45) is 4.50. The van der Waals surface area contributed by atoms with E-state index < -0.39 is 0 Å². The van der Waals surface area contributed by atoms with Crippen molar-refractivity contribution in [3.8, 4) is 22.6 Å². The molecular weight excluding hydrogens is 493 g/mol. The molecule has 1 amide bonds. The Morgan fingerprint density at radius 1 is 1.00 bits per heavy atom. The standard InChI is InChI=1S/C30H33ClFNO4/c1-20(34)33-15-14-21-7-9-28(18-29(21)22-4-3-5-25(32)16-22)37-27-12-10-26(11-13-27)36-19-23-6-8-24(31)17-30(23)35-2/h3-9,16-18,26-27H,10-15,19H2,1-2H3,(H,33,34). The van der Waals surface area contributed by atoms with Gasteiger partial charge in [0, 0.05) is 24.1 Å². The number of benzene rings is 3. The van der Waals surface area contributed by atoms with Gasteiger partial charge >= 0.3 is 0 Å². The second-order valence-corrected chi connectivity index (χ2v) is 9.78. The Hall–Kier alpha value is -3.09. The molecule has 1 fully saturated rings. The molecule has 0 spiro atoms. The highest BCUT2D eigenvalue weighted by molar-refractivity contribution is 6.30. The second kappa shape index (κ2) is 12.9. The van der Waals surface area contributed by atoms with Gasteiger partial charge in [0.1, 0.15) is 17.3 Å². The second-order valence-electron chi connectivity index (χ2n) is 9.35. The van der Waals surface area contributed by atoms with Gasteiger partial charge in [-0.2, -0.15) is 0 Å². The zero-order chi connectivity index (χ0) is 26.2. The number of rotatable bonds is 10. The van der Waals surface area contributed by atoms with Crippen LogP contribution in [0.5, 0.6) is 11.5 Å². The van der Waals surface area contributed by atoms with E-state index in [1.807, 2.05) is 36.4 Å². The maximum absolute atomic E-state index is 14.0. The summed E-state index contributed by atoms with van der Waals surface area (Å²) in [7, 11) is 1.63. The van der Waals surface area contributed by atoms with Crippen molar-refractivity contribution in [2.45, 2.75) is 57.8 Å². The van der Waals surface area contributed by atoms with Crippen LogP contribution in [0.15, 0.2) is 60.7 Å². The zero-order valence-electron chi connectivity index (χ0n) is 21.3. The van der Waals surface area contributed by atoms with Gasteiger partial charge in [-0.25, -0.2) is 4.39 Å². The number of hydrogen-bond acceptors (Lipinski definition) is 4. The molecule has 0 unspecified atom stereocenters. The van der Waals surface area contributed by atoms with Crippen LogP contribution >= 0.6 is 11.6 Å². The molecule has 0 heterocycles. The molecule has 196 valence electrons. The summed E-state index contributed by atoms with van der Waals surface area (Å²) in [6.45, 7) is 2.50. The highest BCUT2D eigenvalue weighted by Crippen LogP contribution is 2.32. The Bertz CT molecular complexity index is 1210. The number of hydrogen-bond donors (Lipinski definition) is 1. The molecule has 37 heavy (non-hydrogen) atoms. The molecule has 1 saturated carbocycles. The first kappa shape index (κ1) is 27.0.